The van der Waals surface area contributed by atoms with Gasteiger partial charge in [-0.05, 0) is 0 Å². The standard InChI is InChI=1S/C5H4FN5O6/c6-5(10(14)15,11(16)17)3-8-2-4(1-7-8)9(12)13/h1-2H,3H2. The molecule has 1 rings (SSSR count). The zero-order chi connectivity index (χ0) is 13.2. The average molecular weight is 249 g/mol. The van der Waals surface area contributed by atoms with E-state index in [0.29, 0.717) is 17.1 Å². The second kappa shape index (κ2) is 4.07. The molecule has 0 fully saturated rings. The van der Waals surface area contributed by atoms with Crippen LogP contribution in [-0.2, 0) is 6.54 Å². The molecule has 17 heavy (non-hydrogen) atoms. The van der Waals surface area contributed by atoms with Crippen LogP contribution in [0.2, 0.25) is 0 Å². The molecule has 0 unspecified atom stereocenters. The van der Waals surface area contributed by atoms with E-state index in [2.05, 4.69) is 5.10 Å². The zero-order valence-corrected chi connectivity index (χ0v) is 7.93. The molecule has 0 saturated heterocycles. The van der Waals surface area contributed by atoms with E-state index in [9.17, 15) is 34.7 Å². The highest BCUT2D eigenvalue weighted by Gasteiger charge is 2.58. The summed E-state index contributed by atoms with van der Waals surface area (Å²) in [6, 6.07) is 0. The van der Waals surface area contributed by atoms with Gasteiger partial charge in [0.25, 0.3) is 0 Å². The largest absolute Gasteiger partial charge is 0.633 e. The summed E-state index contributed by atoms with van der Waals surface area (Å²) in [4.78, 5) is 26.3. The molecule has 11 nitrogen and oxygen atoms in total. The van der Waals surface area contributed by atoms with E-state index in [0.717, 1.165) is 0 Å². The second-order valence-electron chi connectivity index (χ2n) is 2.89. The van der Waals surface area contributed by atoms with E-state index < -0.39 is 32.9 Å². The van der Waals surface area contributed by atoms with Crippen molar-refractivity contribution in [3.63, 3.8) is 0 Å². The average Bonchev–Trinajstić information content (AvgIpc) is 2.65. The number of halogens is 1. The highest BCUT2D eigenvalue weighted by molar-refractivity contribution is 5.20. The Morgan fingerprint density at radius 3 is 2.18 bits per heavy atom. The van der Waals surface area contributed by atoms with Gasteiger partial charge in [0.1, 0.15) is 22.2 Å². The summed E-state index contributed by atoms with van der Waals surface area (Å²) < 4.78 is 13.7. The molecule has 1 heterocycles. The molecule has 92 valence electrons. The first-order chi connectivity index (χ1) is 7.77. The van der Waals surface area contributed by atoms with Crippen LogP contribution in [0, 0.1) is 30.3 Å². The van der Waals surface area contributed by atoms with E-state index >= 15 is 0 Å². The molecule has 0 atom stereocenters. The van der Waals surface area contributed by atoms with E-state index in [1.807, 2.05) is 0 Å². The van der Waals surface area contributed by atoms with Gasteiger partial charge in [0.2, 0.25) is 6.54 Å². The van der Waals surface area contributed by atoms with Crippen molar-refractivity contribution < 1.29 is 19.2 Å². The molecule has 1 aromatic heterocycles. The van der Waals surface area contributed by atoms with Crippen LogP contribution in [0.3, 0.4) is 0 Å². The van der Waals surface area contributed by atoms with E-state index in [-0.39, 0.29) is 0 Å². The minimum absolute atomic E-state index is 0.420. The summed E-state index contributed by atoms with van der Waals surface area (Å²) >= 11 is 0. The van der Waals surface area contributed by atoms with Gasteiger partial charge in [-0.3, -0.25) is 30.3 Å². The van der Waals surface area contributed by atoms with E-state index in [1.54, 1.807) is 0 Å². The van der Waals surface area contributed by atoms with Crippen LogP contribution >= 0.6 is 0 Å². The molecule has 0 amide bonds. The normalized spacial score (nSPS) is 11.1. The molecule has 0 N–H and O–H groups in total. The van der Waals surface area contributed by atoms with Gasteiger partial charge in [-0.15, -0.1) is 0 Å². The van der Waals surface area contributed by atoms with Gasteiger partial charge in [0.15, 0.2) is 0 Å². The fourth-order valence-corrected chi connectivity index (χ4v) is 0.922. The number of nitrogens with zero attached hydrogens (tertiary/aromatic N) is 5. The van der Waals surface area contributed by atoms with Gasteiger partial charge in [-0.2, -0.15) is 5.10 Å². The number of rotatable bonds is 5. The summed E-state index contributed by atoms with van der Waals surface area (Å²) in [7, 11) is 0. The summed E-state index contributed by atoms with van der Waals surface area (Å²) in [5.74, 6) is -3.97. The molecule has 0 saturated carbocycles. The van der Waals surface area contributed by atoms with E-state index in [1.165, 1.54) is 0 Å². The maximum absolute atomic E-state index is 13.3. The molecule has 0 aliphatic rings. The minimum atomic E-state index is -3.97. The lowest BCUT2D eigenvalue weighted by Crippen LogP contribution is -2.45. The number of hydrogen-bond acceptors (Lipinski definition) is 7. The summed E-state index contributed by atoms with van der Waals surface area (Å²) in [6.07, 6.45) is 1.35. The Labute approximate surface area is 90.9 Å². The molecule has 0 spiro atoms. The first-order valence-corrected chi connectivity index (χ1v) is 3.92. The SMILES string of the molecule is O=[N+]([O-])c1cnn(CC(F)([N+](=O)[O-])[N+](=O)[O-])c1. The number of alkyl halides is 1. The smallest absolute Gasteiger partial charge is 0.258 e. The minimum Gasteiger partial charge on any atom is -0.258 e. The van der Waals surface area contributed by atoms with Gasteiger partial charge in [0.05, 0.1) is 4.92 Å². The summed E-state index contributed by atoms with van der Waals surface area (Å²) in [5, 5.41) is 33.9. The lowest BCUT2D eigenvalue weighted by Gasteiger charge is -2.07. The molecule has 0 aromatic carbocycles. The highest BCUT2D eigenvalue weighted by Crippen LogP contribution is 2.17. The van der Waals surface area contributed by atoms with Crippen molar-refractivity contribution in [2.24, 2.45) is 0 Å². The monoisotopic (exact) mass is 249 g/mol. The van der Waals surface area contributed by atoms with Crippen molar-refractivity contribution in [1.29, 1.82) is 0 Å². The predicted molar refractivity (Wildman–Crippen MR) is 46.7 cm³/mol. The second-order valence-corrected chi connectivity index (χ2v) is 2.89. The van der Waals surface area contributed by atoms with Gasteiger partial charge in [-0.25, -0.2) is 4.68 Å². The van der Waals surface area contributed by atoms with Crippen LogP contribution in [-0.4, -0.2) is 30.5 Å². The molecule has 0 aliphatic carbocycles. The van der Waals surface area contributed by atoms with Crippen molar-refractivity contribution >= 4 is 5.69 Å². The van der Waals surface area contributed by atoms with Crippen molar-refractivity contribution in [3.05, 3.63) is 42.7 Å². The summed E-state index contributed by atoms with van der Waals surface area (Å²) in [6.45, 7) is -1.36. The third-order valence-electron chi connectivity index (χ3n) is 1.75. The molecule has 1 aromatic rings. The third kappa shape index (κ3) is 2.30. The summed E-state index contributed by atoms with van der Waals surface area (Å²) in [5.41, 5.74) is -0.556. The fourth-order valence-electron chi connectivity index (χ4n) is 0.922. The van der Waals surface area contributed by atoms with Gasteiger partial charge in [-0.1, -0.05) is 4.39 Å². The first-order valence-electron chi connectivity index (χ1n) is 3.92. The quantitative estimate of drug-likeness (QED) is 0.308. The Morgan fingerprint density at radius 1 is 1.29 bits per heavy atom. The third-order valence-corrected chi connectivity index (χ3v) is 1.75. The van der Waals surface area contributed by atoms with E-state index in [4.69, 9.17) is 0 Å². The van der Waals surface area contributed by atoms with Crippen LogP contribution in [0.5, 0.6) is 0 Å². The lowest BCUT2D eigenvalue weighted by molar-refractivity contribution is -0.833. The molecular weight excluding hydrogens is 245 g/mol. The highest BCUT2D eigenvalue weighted by atomic mass is 19.2. The van der Waals surface area contributed by atoms with Gasteiger partial charge < -0.3 is 0 Å². The van der Waals surface area contributed by atoms with Crippen LogP contribution < -0.4 is 0 Å². The number of aromatic nitrogens is 2. The Kier molecular flexibility index (Phi) is 2.97. The first kappa shape index (κ1) is 12.4. The fraction of sp³-hybridized carbons (Fsp3) is 0.400. The van der Waals surface area contributed by atoms with Crippen LogP contribution in [0.25, 0.3) is 0 Å². The Hall–Kier alpha value is -2.66. The Balaban J connectivity index is 2.98. The zero-order valence-electron chi connectivity index (χ0n) is 7.93. The topological polar surface area (TPSA) is 147 Å². The van der Waals surface area contributed by atoms with Gasteiger partial charge >= 0.3 is 11.6 Å². The molecule has 0 radical (unpaired) electrons. The molecule has 12 heteroatoms. The molecule has 0 aliphatic heterocycles. The Morgan fingerprint density at radius 2 is 1.82 bits per heavy atom. The maximum atomic E-state index is 13.3. The van der Waals surface area contributed by atoms with Crippen LogP contribution in [0.4, 0.5) is 10.1 Å². The maximum Gasteiger partial charge on any atom is 0.633 e. The molecular formula is C5H4FN5O6. The van der Waals surface area contributed by atoms with Crippen LogP contribution in [0.15, 0.2) is 12.4 Å². The van der Waals surface area contributed by atoms with Crippen molar-refractivity contribution in [2.75, 3.05) is 0 Å². The van der Waals surface area contributed by atoms with Crippen molar-refractivity contribution in [1.82, 2.24) is 9.78 Å². The number of nitro groups is 3. The van der Waals surface area contributed by atoms with Crippen molar-refractivity contribution in [2.45, 2.75) is 12.5 Å². The lowest BCUT2D eigenvalue weighted by atomic mass is 10.4. The van der Waals surface area contributed by atoms with Crippen LogP contribution in [0.1, 0.15) is 0 Å². The number of hydrogen-bond donors (Lipinski definition) is 0. The van der Waals surface area contributed by atoms with Crippen molar-refractivity contribution in [3.8, 4) is 0 Å². The van der Waals surface area contributed by atoms with Gasteiger partial charge in [0, 0.05) is 0 Å². The predicted octanol–water partition coefficient (Wildman–Crippen LogP) is -0.0320. The molecule has 0 bridgehead atoms. The Bertz CT molecular complexity index is 471.